The second-order valence-electron chi connectivity index (χ2n) is 7.81. The highest BCUT2D eigenvalue weighted by Gasteiger charge is 2.34. The molecular formula is C24H25N5O4. The first-order chi connectivity index (χ1) is 16.1. The summed E-state index contributed by atoms with van der Waals surface area (Å²) >= 11 is 0. The molecule has 0 aliphatic heterocycles. The minimum Gasteiger partial charge on any atom is -0.459 e. The fourth-order valence-electron chi connectivity index (χ4n) is 3.97. The Morgan fingerprint density at radius 1 is 1.03 bits per heavy atom. The lowest BCUT2D eigenvalue weighted by Crippen LogP contribution is -2.49. The van der Waals surface area contributed by atoms with Crippen LogP contribution in [-0.2, 0) is 9.59 Å². The van der Waals surface area contributed by atoms with Crippen molar-refractivity contribution < 1.29 is 18.8 Å². The van der Waals surface area contributed by atoms with Gasteiger partial charge in [-0.1, -0.05) is 18.9 Å². The fraction of sp³-hybridized carbons (Fsp3) is 0.292. The molecule has 0 bridgehead atoms. The normalized spacial score (nSPS) is 14.4. The molecule has 0 saturated heterocycles. The zero-order valence-corrected chi connectivity index (χ0v) is 18.0. The second-order valence-corrected chi connectivity index (χ2v) is 7.81. The number of nitrogens with one attached hydrogen (secondary N) is 2. The number of carbonyl (C=O) groups excluding carboxylic acids is 3. The van der Waals surface area contributed by atoms with Gasteiger partial charge in [0.15, 0.2) is 5.76 Å². The van der Waals surface area contributed by atoms with Gasteiger partial charge in [-0.2, -0.15) is 0 Å². The van der Waals surface area contributed by atoms with Gasteiger partial charge in [-0.15, -0.1) is 0 Å². The van der Waals surface area contributed by atoms with E-state index in [0.717, 1.165) is 25.7 Å². The van der Waals surface area contributed by atoms with E-state index < -0.39 is 17.9 Å². The Bertz CT molecular complexity index is 1070. The van der Waals surface area contributed by atoms with Crippen molar-refractivity contribution in [3.05, 3.63) is 78.8 Å². The van der Waals surface area contributed by atoms with E-state index >= 15 is 0 Å². The van der Waals surface area contributed by atoms with Crippen LogP contribution in [0.5, 0.6) is 0 Å². The minimum atomic E-state index is -0.975. The van der Waals surface area contributed by atoms with Gasteiger partial charge >= 0.3 is 0 Å². The number of furan rings is 1. The first-order valence-corrected chi connectivity index (χ1v) is 10.9. The van der Waals surface area contributed by atoms with Crippen molar-refractivity contribution in [2.75, 3.05) is 11.4 Å². The summed E-state index contributed by atoms with van der Waals surface area (Å²) in [6, 6.07) is 9.05. The molecule has 0 spiro atoms. The van der Waals surface area contributed by atoms with Crippen molar-refractivity contribution in [3.63, 3.8) is 0 Å². The average molecular weight is 447 g/mol. The number of amides is 3. The summed E-state index contributed by atoms with van der Waals surface area (Å²) in [5, 5.41) is 5.65. The van der Waals surface area contributed by atoms with Gasteiger partial charge in [0, 0.05) is 30.2 Å². The van der Waals surface area contributed by atoms with Crippen LogP contribution >= 0.6 is 0 Å². The third-order valence-corrected chi connectivity index (χ3v) is 5.55. The first kappa shape index (κ1) is 22.2. The van der Waals surface area contributed by atoms with Crippen molar-refractivity contribution >= 4 is 23.4 Å². The zero-order chi connectivity index (χ0) is 23.0. The number of pyridine rings is 2. The van der Waals surface area contributed by atoms with Gasteiger partial charge in [0.1, 0.15) is 6.04 Å². The highest BCUT2D eigenvalue weighted by atomic mass is 16.3. The minimum absolute atomic E-state index is 0.0705. The number of anilines is 1. The van der Waals surface area contributed by atoms with E-state index in [2.05, 4.69) is 20.6 Å². The van der Waals surface area contributed by atoms with Gasteiger partial charge in [0.2, 0.25) is 11.8 Å². The number of nitrogens with zero attached hydrogens (tertiary/aromatic N) is 3. The van der Waals surface area contributed by atoms with E-state index in [-0.39, 0.29) is 24.3 Å². The summed E-state index contributed by atoms with van der Waals surface area (Å²) in [6.07, 6.45) is 11.6. The van der Waals surface area contributed by atoms with Gasteiger partial charge < -0.3 is 15.1 Å². The number of rotatable bonds is 8. The molecule has 1 aliphatic rings. The molecule has 3 amide bonds. The van der Waals surface area contributed by atoms with Crippen LogP contribution in [-0.4, -0.2) is 40.3 Å². The lowest BCUT2D eigenvalue weighted by Gasteiger charge is -2.32. The molecule has 9 nitrogen and oxygen atoms in total. The van der Waals surface area contributed by atoms with Crippen LogP contribution in [0.15, 0.2) is 71.9 Å². The molecule has 9 heteroatoms. The van der Waals surface area contributed by atoms with Crippen molar-refractivity contribution in [1.82, 2.24) is 20.6 Å². The molecule has 1 saturated carbocycles. The van der Waals surface area contributed by atoms with Gasteiger partial charge in [0.25, 0.3) is 5.91 Å². The van der Waals surface area contributed by atoms with Crippen LogP contribution in [0.2, 0.25) is 0 Å². The van der Waals surface area contributed by atoms with Crippen LogP contribution in [0.25, 0.3) is 0 Å². The molecule has 1 unspecified atom stereocenters. The summed E-state index contributed by atoms with van der Waals surface area (Å²) in [5.74, 6) is -1.20. The lowest BCUT2D eigenvalue weighted by molar-refractivity contribution is -0.126. The molecule has 3 aromatic heterocycles. The summed E-state index contributed by atoms with van der Waals surface area (Å²) in [4.78, 5) is 48.8. The van der Waals surface area contributed by atoms with Gasteiger partial charge in [-0.3, -0.25) is 29.3 Å². The van der Waals surface area contributed by atoms with Crippen LogP contribution in [0.3, 0.4) is 0 Å². The maximum Gasteiger partial charge on any atom is 0.287 e. The van der Waals surface area contributed by atoms with Crippen molar-refractivity contribution in [2.45, 2.75) is 37.8 Å². The van der Waals surface area contributed by atoms with Crippen molar-refractivity contribution in [2.24, 2.45) is 0 Å². The molecule has 3 heterocycles. The molecule has 33 heavy (non-hydrogen) atoms. The van der Waals surface area contributed by atoms with E-state index in [1.165, 1.54) is 23.4 Å². The van der Waals surface area contributed by atoms with Crippen LogP contribution in [0.4, 0.5) is 5.69 Å². The zero-order valence-electron chi connectivity index (χ0n) is 18.0. The third kappa shape index (κ3) is 5.43. The largest absolute Gasteiger partial charge is 0.459 e. The average Bonchev–Trinajstić information content (AvgIpc) is 3.56. The molecule has 4 rings (SSSR count). The summed E-state index contributed by atoms with van der Waals surface area (Å²) in [5.41, 5.74) is 0.993. The smallest absolute Gasteiger partial charge is 0.287 e. The van der Waals surface area contributed by atoms with Gasteiger partial charge in [-0.05, 0) is 43.2 Å². The third-order valence-electron chi connectivity index (χ3n) is 5.55. The van der Waals surface area contributed by atoms with E-state index in [1.54, 1.807) is 48.9 Å². The molecule has 0 aromatic carbocycles. The van der Waals surface area contributed by atoms with Gasteiger partial charge in [-0.25, -0.2) is 0 Å². The fourth-order valence-corrected chi connectivity index (χ4v) is 3.97. The number of carbonyl (C=O) groups is 3. The second kappa shape index (κ2) is 10.5. The molecule has 1 aliphatic carbocycles. The van der Waals surface area contributed by atoms with Crippen LogP contribution in [0, 0.1) is 0 Å². The monoisotopic (exact) mass is 447 g/mol. The number of hydrogen-bond donors (Lipinski definition) is 2. The van der Waals surface area contributed by atoms with Crippen molar-refractivity contribution in [3.8, 4) is 0 Å². The SMILES string of the molecule is O=C(NCC(=O)N(c1cccnc1)C(C(=O)NC1CCCC1)c1cccnc1)c1ccco1. The van der Waals surface area contributed by atoms with Crippen LogP contribution < -0.4 is 15.5 Å². The number of aromatic nitrogens is 2. The van der Waals surface area contributed by atoms with Gasteiger partial charge in [0.05, 0.1) is 24.7 Å². The van der Waals surface area contributed by atoms with Crippen LogP contribution in [0.1, 0.15) is 47.8 Å². The predicted octanol–water partition coefficient (Wildman–Crippen LogP) is 2.63. The lowest BCUT2D eigenvalue weighted by atomic mass is 10.0. The Kier molecular flexibility index (Phi) is 7.09. The molecule has 1 atom stereocenters. The molecule has 1 fully saturated rings. The highest BCUT2D eigenvalue weighted by Crippen LogP contribution is 2.28. The molecular weight excluding hydrogens is 422 g/mol. The standard InChI is InChI=1S/C24H25N5O4/c30-21(16-27-23(31)20-10-5-13-33-20)29(19-9-4-12-26-15-19)22(17-6-3-11-25-14-17)24(32)28-18-7-1-2-8-18/h3-6,9-15,18,22H,1-2,7-8,16H2,(H,27,31)(H,28,32). The quantitative estimate of drug-likeness (QED) is 0.548. The number of hydrogen-bond acceptors (Lipinski definition) is 6. The topological polar surface area (TPSA) is 117 Å². The Labute approximate surface area is 191 Å². The first-order valence-electron chi connectivity index (χ1n) is 10.9. The summed E-state index contributed by atoms with van der Waals surface area (Å²) in [7, 11) is 0. The van der Waals surface area contributed by atoms with E-state index in [0.29, 0.717) is 11.3 Å². The summed E-state index contributed by atoms with van der Waals surface area (Å²) in [6.45, 7) is -0.331. The Morgan fingerprint density at radius 2 is 1.79 bits per heavy atom. The highest BCUT2D eigenvalue weighted by molar-refractivity contribution is 6.04. The van der Waals surface area contributed by atoms with E-state index in [4.69, 9.17) is 4.42 Å². The maximum absolute atomic E-state index is 13.5. The molecule has 3 aromatic rings. The Balaban J connectivity index is 1.63. The molecule has 2 N–H and O–H groups in total. The molecule has 170 valence electrons. The Hall–Kier alpha value is -4.01. The molecule has 0 radical (unpaired) electrons. The summed E-state index contributed by atoms with van der Waals surface area (Å²) < 4.78 is 5.08. The van der Waals surface area contributed by atoms with E-state index in [1.807, 2.05) is 0 Å². The predicted molar refractivity (Wildman–Crippen MR) is 120 cm³/mol. The Morgan fingerprint density at radius 3 is 2.42 bits per heavy atom. The van der Waals surface area contributed by atoms with Crippen molar-refractivity contribution in [1.29, 1.82) is 0 Å². The van der Waals surface area contributed by atoms with E-state index in [9.17, 15) is 14.4 Å². The maximum atomic E-state index is 13.5.